The fourth-order valence-electron chi connectivity index (χ4n) is 4.01. The van der Waals surface area contributed by atoms with Crippen molar-refractivity contribution in [1.82, 2.24) is 0 Å². The molecule has 0 spiro atoms. The molecule has 1 N–H and O–H groups in total. The maximum absolute atomic E-state index is 13.4. The summed E-state index contributed by atoms with van der Waals surface area (Å²) < 4.78 is 28.3. The molecular formula is C24H24N2O3S. The molecule has 1 amide bonds. The van der Waals surface area contributed by atoms with Crippen molar-refractivity contribution >= 4 is 27.3 Å². The molecule has 0 bridgehead atoms. The molecule has 3 aromatic carbocycles. The normalized spacial score (nSPS) is 15.7. The SMILES string of the molecule is Cc1cccc(C)c1NC(=O)c1cccc(S(=O)(=O)N2c3ccccc3CC2C)c1. The molecule has 1 aliphatic heterocycles. The molecule has 154 valence electrons. The van der Waals surface area contributed by atoms with Gasteiger partial charge in [0.2, 0.25) is 0 Å². The van der Waals surface area contributed by atoms with E-state index in [0.29, 0.717) is 17.7 Å². The Balaban J connectivity index is 1.67. The summed E-state index contributed by atoms with van der Waals surface area (Å²) in [6.45, 7) is 5.75. The highest BCUT2D eigenvalue weighted by molar-refractivity contribution is 7.92. The van der Waals surface area contributed by atoms with Crippen LogP contribution in [0.2, 0.25) is 0 Å². The molecule has 0 aromatic heterocycles. The van der Waals surface area contributed by atoms with Crippen LogP contribution in [0.25, 0.3) is 0 Å². The zero-order chi connectivity index (χ0) is 21.5. The summed E-state index contributed by atoms with van der Waals surface area (Å²) in [5, 5.41) is 2.92. The van der Waals surface area contributed by atoms with Crippen molar-refractivity contribution in [2.45, 2.75) is 38.1 Å². The number of hydrogen-bond acceptors (Lipinski definition) is 3. The molecule has 30 heavy (non-hydrogen) atoms. The fourth-order valence-corrected chi connectivity index (χ4v) is 5.75. The van der Waals surface area contributed by atoms with E-state index in [1.54, 1.807) is 18.2 Å². The molecule has 6 heteroatoms. The van der Waals surface area contributed by atoms with Crippen LogP contribution in [0, 0.1) is 13.8 Å². The van der Waals surface area contributed by atoms with E-state index in [-0.39, 0.29) is 16.8 Å². The second-order valence-electron chi connectivity index (χ2n) is 7.73. The molecule has 0 fully saturated rings. The molecule has 1 unspecified atom stereocenters. The Kier molecular flexibility index (Phi) is 5.12. The highest BCUT2D eigenvalue weighted by atomic mass is 32.2. The largest absolute Gasteiger partial charge is 0.322 e. The topological polar surface area (TPSA) is 66.5 Å². The number of sulfonamides is 1. The van der Waals surface area contributed by atoms with Crippen LogP contribution in [-0.4, -0.2) is 20.4 Å². The molecular weight excluding hydrogens is 396 g/mol. The van der Waals surface area contributed by atoms with Gasteiger partial charge in [-0.15, -0.1) is 0 Å². The molecule has 3 aromatic rings. The van der Waals surface area contributed by atoms with Crippen molar-refractivity contribution in [1.29, 1.82) is 0 Å². The van der Waals surface area contributed by atoms with E-state index >= 15 is 0 Å². The van der Waals surface area contributed by atoms with Crippen molar-refractivity contribution in [3.8, 4) is 0 Å². The second kappa shape index (κ2) is 7.61. The number of rotatable bonds is 4. The van der Waals surface area contributed by atoms with E-state index < -0.39 is 10.0 Å². The molecule has 5 nitrogen and oxygen atoms in total. The van der Waals surface area contributed by atoms with Crippen molar-refractivity contribution in [3.05, 3.63) is 89.0 Å². The number of nitrogens with zero attached hydrogens (tertiary/aromatic N) is 1. The average molecular weight is 421 g/mol. The van der Waals surface area contributed by atoms with Gasteiger partial charge in [-0.1, -0.05) is 42.5 Å². The molecule has 0 radical (unpaired) electrons. The zero-order valence-corrected chi connectivity index (χ0v) is 18.0. The summed E-state index contributed by atoms with van der Waals surface area (Å²) in [4.78, 5) is 13.0. The zero-order valence-electron chi connectivity index (χ0n) is 17.2. The first-order chi connectivity index (χ1) is 14.3. The Morgan fingerprint density at radius 2 is 1.63 bits per heavy atom. The highest BCUT2D eigenvalue weighted by Crippen LogP contribution is 2.36. The Morgan fingerprint density at radius 3 is 2.37 bits per heavy atom. The summed E-state index contributed by atoms with van der Waals surface area (Å²) >= 11 is 0. The number of para-hydroxylation sites is 2. The molecule has 1 atom stereocenters. The number of nitrogens with one attached hydrogen (secondary N) is 1. The maximum Gasteiger partial charge on any atom is 0.264 e. The van der Waals surface area contributed by atoms with Crippen LogP contribution in [0.5, 0.6) is 0 Å². The van der Waals surface area contributed by atoms with Crippen molar-refractivity contribution < 1.29 is 13.2 Å². The third-order valence-electron chi connectivity index (χ3n) is 5.52. The molecule has 1 aliphatic rings. The first-order valence-corrected chi connectivity index (χ1v) is 11.3. The smallest absolute Gasteiger partial charge is 0.264 e. The monoisotopic (exact) mass is 420 g/mol. The molecule has 0 saturated heterocycles. The van der Waals surface area contributed by atoms with Gasteiger partial charge in [-0.3, -0.25) is 9.10 Å². The predicted octanol–water partition coefficient (Wildman–Crippen LogP) is 4.70. The third-order valence-corrected chi connectivity index (χ3v) is 7.44. The number of fused-ring (bicyclic) bond motifs is 1. The lowest BCUT2D eigenvalue weighted by atomic mass is 10.1. The van der Waals surface area contributed by atoms with E-state index in [0.717, 1.165) is 22.4 Å². The fraction of sp³-hybridized carbons (Fsp3) is 0.208. The predicted molar refractivity (Wildman–Crippen MR) is 120 cm³/mol. The van der Waals surface area contributed by atoms with Crippen LogP contribution in [0.4, 0.5) is 11.4 Å². The second-order valence-corrected chi connectivity index (χ2v) is 9.55. The van der Waals surface area contributed by atoms with Crippen LogP contribution in [0.3, 0.4) is 0 Å². The number of hydrogen-bond donors (Lipinski definition) is 1. The minimum absolute atomic E-state index is 0.111. The Morgan fingerprint density at radius 1 is 0.967 bits per heavy atom. The summed E-state index contributed by atoms with van der Waals surface area (Å²) in [6.07, 6.45) is 0.669. The van der Waals surface area contributed by atoms with Crippen LogP contribution < -0.4 is 9.62 Å². The van der Waals surface area contributed by atoms with Crippen molar-refractivity contribution in [3.63, 3.8) is 0 Å². The number of aryl methyl sites for hydroxylation is 2. The standard InChI is InChI=1S/C24H24N2O3S/c1-16-8-6-9-17(2)23(16)25-24(27)20-11-7-12-21(15-20)30(28,29)26-18(3)14-19-10-4-5-13-22(19)26/h4-13,15,18H,14H2,1-3H3,(H,25,27). The van der Waals surface area contributed by atoms with Gasteiger partial charge < -0.3 is 5.32 Å². The number of benzene rings is 3. The van der Waals surface area contributed by atoms with Crippen molar-refractivity contribution in [2.24, 2.45) is 0 Å². The van der Waals surface area contributed by atoms with Gasteiger partial charge in [0, 0.05) is 17.3 Å². The van der Waals surface area contributed by atoms with E-state index in [1.165, 1.54) is 10.4 Å². The van der Waals surface area contributed by atoms with Gasteiger partial charge in [0.25, 0.3) is 15.9 Å². The van der Waals surface area contributed by atoms with Gasteiger partial charge in [-0.05, 0) is 68.1 Å². The van der Waals surface area contributed by atoms with Crippen molar-refractivity contribution in [2.75, 3.05) is 9.62 Å². The molecule has 1 heterocycles. The number of anilines is 2. The summed E-state index contributed by atoms with van der Waals surface area (Å²) in [5.41, 5.74) is 4.67. The Hall–Kier alpha value is -3.12. The Bertz CT molecular complexity index is 1210. The van der Waals surface area contributed by atoms with Crippen LogP contribution in [0.1, 0.15) is 34.0 Å². The van der Waals surface area contributed by atoms with Gasteiger partial charge in [0.15, 0.2) is 0 Å². The van der Waals surface area contributed by atoms with E-state index in [2.05, 4.69) is 5.32 Å². The minimum Gasteiger partial charge on any atom is -0.322 e. The first kappa shape index (κ1) is 20.2. The van der Waals surface area contributed by atoms with E-state index in [4.69, 9.17) is 0 Å². The highest BCUT2D eigenvalue weighted by Gasteiger charge is 2.36. The van der Waals surface area contributed by atoms with Crippen LogP contribution in [0.15, 0.2) is 71.6 Å². The quantitative estimate of drug-likeness (QED) is 0.666. The maximum atomic E-state index is 13.4. The van der Waals surface area contributed by atoms with Gasteiger partial charge in [-0.2, -0.15) is 0 Å². The lowest BCUT2D eigenvalue weighted by molar-refractivity contribution is 0.102. The van der Waals surface area contributed by atoms with Gasteiger partial charge >= 0.3 is 0 Å². The van der Waals surface area contributed by atoms with Crippen LogP contribution >= 0.6 is 0 Å². The van der Waals surface area contributed by atoms with Gasteiger partial charge in [0.1, 0.15) is 0 Å². The van der Waals surface area contributed by atoms with Crippen LogP contribution in [-0.2, 0) is 16.4 Å². The summed E-state index contributed by atoms with van der Waals surface area (Å²) in [5.74, 6) is -0.334. The average Bonchev–Trinajstić information content (AvgIpc) is 3.07. The molecule has 0 aliphatic carbocycles. The summed E-state index contributed by atoms with van der Waals surface area (Å²) in [6, 6.07) is 19.4. The number of carbonyl (C=O) groups excluding carboxylic acids is 1. The lowest BCUT2D eigenvalue weighted by Gasteiger charge is -2.24. The summed E-state index contributed by atoms with van der Waals surface area (Å²) in [7, 11) is -3.79. The number of amides is 1. The van der Waals surface area contributed by atoms with Gasteiger partial charge in [-0.25, -0.2) is 8.42 Å². The third kappa shape index (κ3) is 3.48. The number of carbonyl (C=O) groups is 1. The minimum atomic E-state index is -3.79. The lowest BCUT2D eigenvalue weighted by Crippen LogP contribution is -2.35. The first-order valence-electron chi connectivity index (χ1n) is 9.89. The van der Waals surface area contributed by atoms with E-state index in [1.807, 2.05) is 63.2 Å². The molecule has 0 saturated carbocycles. The Labute approximate surface area is 177 Å². The van der Waals surface area contributed by atoms with E-state index in [9.17, 15) is 13.2 Å². The molecule has 4 rings (SSSR count). The van der Waals surface area contributed by atoms with Gasteiger partial charge in [0.05, 0.1) is 10.6 Å².